The van der Waals surface area contributed by atoms with Crippen LogP contribution in [-0.2, 0) is 0 Å². The third kappa shape index (κ3) is 3.61. The molecule has 0 radical (unpaired) electrons. The Hall–Kier alpha value is -1.74. The van der Waals surface area contributed by atoms with E-state index >= 15 is 0 Å². The Morgan fingerprint density at radius 3 is 2.26 bits per heavy atom. The topological polar surface area (TPSA) is 12.9 Å². The van der Waals surface area contributed by atoms with Crippen molar-refractivity contribution in [2.24, 2.45) is 0 Å². The molecular weight excluding hydrogens is 305 g/mol. The average molecular weight is 318 g/mol. The number of halogens is 2. The molecule has 2 aromatic carbocycles. The van der Waals surface area contributed by atoms with Crippen LogP contribution in [0, 0.1) is 12.7 Å². The van der Waals surface area contributed by atoms with Crippen molar-refractivity contribution in [3.63, 3.8) is 0 Å². The van der Waals surface area contributed by atoms with Crippen LogP contribution in [0.15, 0.2) is 65.3 Å². The monoisotopic (exact) mass is 317 g/mol. The van der Waals surface area contributed by atoms with Crippen LogP contribution in [0.5, 0.6) is 0 Å². The minimum absolute atomic E-state index is 0.235. The molecule has 19 heavy (non-hydrogen) atoms. The second-order valence-corrected chi connectivity index (χ2v) is 4.94. The van der Waals surface area contributed by atoms with Crippen molar-refractivity contribution in [1.82, 2.24) is 4.98 Å². The fourth-order valence-electron chi connectivity index (χ4n) is 1.64. The molecule has 3 aromatic rings. The SMILES string of the molecule is Cc1ccccc1.Fc1ccc(Br)c2ncccc12. The molecule has 3 heteroatoms. The summed E-state index contributed by atoms with van der Waals surface area (Å²) in [6, 6.07) is 16.8. The van der Waals surface area contributed by atoms with E-state index in [0.29, 0.717) is 10.9 Å². The molecule has 0 unspecified atom stereocenters. The largest absolute Gasteiger partial charge is 0.255 e. The fraction of sp³-hybridized carbons (Fsp3) is 0.0625. The quantitative estimate of drug-likeness (QED) is 0.560. The standard InChI is InChI=1S/C9H5BrFN.C7H8/c10-7-3-4-8(11)6-2-1-5-12-9(6)7;1-7-5-3-2-4-6-7/h1-5H;2-6H,1H3. The van der Waals surface area contributed by atoms with Gasteiger partial charge in [-0.3, -0.25) is 4.98 Å². The summed E-state index contributed by atoms with van der Waals surface area (Å²) in [7, 11) is 0. The molecule has 0 saturated heterocycles. The van der Waals surface area contributed by atoms with Crippen molar-refractivity contribution < 1.29 is 4.39 Å². The van der Waals surface area contributed by atoms with Crippen LogP contribution < -0.4 is 0 Å². The van der Waals surface area contributed by atoms with E-state index in [4.69, 9.17) is 0 Å². The Balaban J connectivity index is 0.000000163. The first-order chi connectivity index (χ1) is 9.18. The lowest BCUT2D eigenvalue weighted by molar-refractivity contribution is 0.639. The number of benzene rings is 2. The van der Waals surface area contributed by atoms with E-state index in [9.17, 15) is 4.39 Å². The molecule has 0 aliphatic heterocycles. The minimum atomic E-state index is -0.235. The van der Waals surface area contributed by atoms with E-state index in [2.05, 4.69) is 40.0 Å². The Kier molecular flexibility index (Phi) is 4.63. The maximum absolute atomic E-state index is 13.1. The zero-order chi connectivity index (χ0) is 13.7. The molecule has 1 aromatic heterocycles. The normalized spacial score (nSPS) is 9.84. The van der Waals surface area contributed by atoms with Crippen LogP contribution in [-0.4, -0.2) is 4.98 Å². The molecule has 3 rings (SSSR count). The molecule has 0 aliphatic carbocycles. The molecule has 0 N–H and O–H groups in total. The molecule has 0 atom stereocenters. The first-order valence-electron chi connectivity index (χ1n) is 5.89. The Morgan fingerprint density at radius 2 is 1.68 bits per heavy atom. The lowest BCUT2D eigenvalue weighted by atomic mass is 10.2. The lowest BCUT2D eigenvalue weighted by Crippen LogP contribution is -1.82. The number of aromatic nitrogens is 1. The summed E-state index contributed by atoms with van der Waals surface area (Å²) in [5.74, 6) is -0.235. The first kappa shape index (κ1) is 13.7. The van der Waals surface area contributed by atoms with Crippen LogP contribution in [0.4, 0.5) is 4.39 Å². The number of fused-ring (bicyclic) bond motifs is 1. The van der Waals surface area contributed by atoms with Gasteiger partial charge in [0.15, 0.2) is 0 Å². The summed E-state index contributed by atoms with van der Waals surface area (Å²) in [5.41, 5.74) is 1.99. The molecule has 0 aliphatic rings. The molecule has 0 fully saturated rings. The molecule has 0 bridgehead atoms. The molecule has 1 nitrogen and oxygen atoms in total. The van der Waals surface area contributed by atoms with Gasteiger partial charge in [-0.1, -0.05) is 35.9 Å². The number of pyridine rings is 1. The van der Waals surface area contributed by atoms with E-state index in [1.807, 2.05) is 18.2 Å². The first-order valence-corrected chi connectivity index (χ1v) is 6.68. The van der Waals surface area contributed by atoms with Gasteiger partial charge in [0, 0.05) is 16.1 Å². The number of rotatable bonds is 0. The van der Waals surface area contributed by atoms with Crippen molar-refractivity contribution in [2.45, 2.75) is 6.92 Å². The van der Waals surface area contributed by atoms with Crippen molar-refractivity contribution >= 4 is 26.8 Å². The predicted octanol–water partition coefficient (Wildman–Crippen LogP) is 5.13. The summed E-state index contributed by atoms with van der Waals surface area (Å²) < 4.78 is 13.9. The van der Waals surface area contributed by atoms with E-state index in [1.54, 1.807) is 24.4 Å². The molecule has 0 amide bonds. The smallest absolute Gasteiger partial charge is 0.132 e. The van der Waals surface area contributed by atoms with E-state index < -0.39 is 0 Å². The molecule has 1 heterocycles. The maximum atomic E-state index is 13.1. The maximum Gasteiger partial charge on any atom is 0.132 e. The highest BCUT2D eigenvalue weighted by molar-refractivity contribution is 9.10. The number of hydrogen-bond donors (Lipinski definition) is 0. The predicted molar refractivity (Wildman–Crippen MR) is 80.6 cm³/mol. The van der Waals surface area contributed by atoms with Crippen LogP contribution >= 0.6 is 15.9 Å². The van der Waals surface area contributed by atoms with Gasteiger partial charge < -0.3 is 0 Å². The fourth-order valence-corrected chi connectivity index (χ4v) is 2.09. The summed E-state index contributed by atoms with van der Waals surface area (Å²) >= 11 is 3.30. The zero-order valence-electron chi connectivity index (χ0n) is 10.5. The summed E-state index contributed by atoms with van der Waals surface area (Å²) in [5, 5.41) is 0.548. The van der Waals surface area contributed by atoms with Crippen LogP contribution in [0.25, 0.3) is 10.9 Å². The van der Waals surface area contributed by atoms with Gasteiger partial charge >= 0.3 is 0 Å². The lowest BCUT2D eigenvalue weighted by Gasteiger charge is -1.99. The molecule has 0 spiro atoms. The number of nitrogens with zero attached hydrogens (tertiary/aromatic N) is 1. The highest BCUT2D eigenvalue weighted by atomic mass is 79.9. The Labute approximate surface area is 120 Å². The van der Waals surface area contributed by atoms with Crippen molar-refractivity contribution in [1.29, 1.82) is 0 Å². The van der Waals surface area contributed by atoms with Gasteiger partial charge in [-0.15, -0.1) is 0 Å². The summed E-state index contributed by atoms with van der Waals surface area (Å²) in [6.07, 6.45) is 1.65. The Morgan fingerprint density at radius 1 is 0.947 bits per heavy atom. The second-order valence-electron chi connectivity index (χ2n) is 4.08. The van der Waals surface area contributed by atoms with Crippen molar-refractivity contribution in [3.05, 3.63) is 76.6 Å². The third-order valence-corrected chi connectivity index (χ3v) is 3.25. The van der Waals surface area contributed by atoms with Crippen LogP contribution in [0.3, 0.4) is 0 Å². The molecule has 0 saturated carbocycles. The van der Waals surface area contributed by atoms with Gasteiger partial charge in [0.1, 0.15) is 5.82 Å². The van der Waals surface area contributed by atoms with Gasteiger partial charge in [0.25, 0.3) is 0 Å². The molecule has 96 valence electrons. The van der Waals surface area contributed by atoms with Crippen LogP contribution in [0.2, 0.25) is 0 Å². The van der Waals surface area contributed by atoms with E-state index in [-0.39, 0.29) is 5.82 Å². The van der Waals surface area contributed by atoms with Gasteiger partial charge in [0.2, 0.25) is 0 Å². The Bertz CT molecular complexity index is 627. The van der Waals surface area contributed by atoms with Gasteiger partial charge in [-0.25, -0.2) is 4.39 Å². The summed E-state index contributed by atoms with van der Waals surface area (Å²) in [6.45, 7) is 2.08. The van der Waals surface area contributed by atoms with Gasteiger partial charge in [-0.2, -0.15) is 0 Å². The zero-order valence-corrected chi connectivity index (χ0v) is 12.1. The second kappa shape index (κ2) is 6.43. The van der Waals surface area contributed by atoms with E-state index in [0.717, 1.165) is 4.47 Å². The average Bonchev–Trinajstić information content (AvgIpc) is 2.45. The summed E-state index contributed by atoms with van der Waals surface area (Å²) in [4.78, 5) is 4.05. The van der Waals surface area contributed by atoms with Crippen molar-refractivity contribution in [2.75, 3.05) is 0 Å². The van der Waals surface area contributed by atoms with Gasteiger partial charge in [-0.05, 0) is 47.1 Å². The highest BCUT2D eigenvalue weighted by Gasteiger charge is 2.02. The number of hydrogen-bond acceptors (Lipinski definition) is 1. The third-order valence-electron chi connectivity index (χ3n) is 2.61. The van der Waals surface area contributed by atoms with E-state index in [1.165, 1.54) is 11.6 Å². The number of aryl methyl sites for hydroxylation is 1. The van der Waals surface area contributed by atoms with Crippen molar-refractivity contribution in [3.8, 4) is 0 Å². The van der Waals surface area contributed by atoms with Crippen LogP contribution in [0.1, 0.15) is 5.56 Å². The minimum Gasteiger partial charge on any atom is -0.255 e. The molecular formula is C16H13BrFN. The highest BCUT2D eigenvalue weighted by Crippen LogP contribution is 2.23. The van der Waals surface area contributed by atoms with Gasteiger partial charge in [0.05, 0.1) is 5.52 Å².